The summed E-state index contributed by atoms with van der Waals surface area (Å²) in [6, 6.07) is 7.69. The van der Waals surface area contributed by atoms with Crippen LogP contribution in [0, 0.1) is 17.1 Å². The van der Waals surface area contributed by atoms with Crippen LogP contribution in [0.1, 0.15) is 12.0 Å². The standard InChI is InChI=1S/C24H19F2N7O6S2/c1-40(35,36)24-28-10-15(11-29-24)33-13-30-20-4-2-16(8-17(20)23(33)34)39-22-18(9-27)21(5-3-19(22)26)31-41(37,38)32-7-6-14(25)12-32/h2-5,8,10-11,13-14,31H,6-7,12H2,1H3/t14-/m1/s1. The topological polar surface area (TPSA) is 177 Å². The van der Waals surface area contributed by atoms with Crippen molar-refractivity contribution in [2.75, 3.05) is 24.1 Å². The first-order chi connectivity index (χ1) is 19.4. The molecule has 4 aromatic rings. The molecule has 3 heterocycles. The van der Waals surface area contributed by atoms with E-state index in [2.05, 4.69) is 19.7 Å². The van der Waals surface area contributed by atoms with Gasteiger partial charge in [-0.3, -0.25) is 14.1 Å². The van der Waals surface area contributed by atoms with Gasteiger partial charge in [0, 0.05) is 19.3 Å². The highest BCUT2D eigenvalue weighted by Gasteiger charge is 2.32. The molecule has 1 N–H and O–H groups in total. The van der Waals surface area contributed by atoms with Crippen LogP contribution in [0.25, 0.3) is 16.6 Å². The van der Waals surface area contributed by atoms with Crippen molar-refractivity contribution in [3.8, 4) is 23.3 Å². The van der Waals surface area contributed by atoms with Crippen LogP contribution in [0.4, 0.5) is 14.5 Å². The SMILES string of the molecule is CS(=O)(=O)c1ncc(-n2cnc3ccc(Oc4c(F)ccc(NS(=O)(=O)N5CC[C@@H](F)C5)c4C#N)cc3c2=O)cn1. The second-order valence-corrected chi connectivity index (χ2v) is 12.5. The van der Waals surface area contributed by atoms with E-state index in [1.165, 1.54) is 24.5 Å². The lowest BCUT2D eigenvalue weighted by atomic mass is 10.1. The maximum atomic E-state index is 14.8. The molecule has 0 radical (unpaired) electrons. The summed E-state index contributed by atoms with van der Waals surface area (Å²) in [5.41, 5.74) is -1.01. The van der Waals surface area contributed by atoms with Gasteiger partial charge in [0.05, 0.1) is 34.7 Å². The molecule has 13 nitrogen and oxygen atoms in total. The van der Waals surface area contributed by atoms with E-state index in [-0.39, 0.29) is 47.5 Å². The Morgan fingerprint density at radius 3 is 2.49 bits per heavy atom. The monoisotopic (exact) mass is 603 g/mol. The van der Waals surface area contributed by atoms with E-state index >= 15 is 0 Å². The van der Waals surface area contributed by atoms with Crippen LogP contribution in [-0.4, -0.2) is 66.2 Å². The summed E-state index contributed by atoms with van der Waals surface area (Å²) in [7, 11) is -7.90. The third-order valence-corrected chi connectivity index (χ3v) is 8.43. The zero-order valence-corrected chi connectivity index (χ0v) is 22.7. The maximum absolute atomic E-state index is 14.8. The van der Waals surface area contributed by atoms with Crippen molar-refractivity contribution in [1.82, 2.24) is 23.8 Å². The minimum atomic E-state index is -4.24. The number of fused-ring (bicyclic) bond motifs is 1. The van der Waals surface area contributed by atoms with Gasteiger partial charge >= 0.3 is 10.2 Å². The van der Waals surface area contributed by atoms with Crippen molar-refractivity contribution in [2.45, 2.75) is 17.7 Å². The van der Waals surface area contributed by atoms with Gasteiger partial charge in [0.15, 0.2) is 11.6 Å². The molecule has 2 aromatic carbocycles. The zero-order chi connectivity index (χ0) is 29.5. The molecule has 212 valence electrons. The van der Waals surface area contributed by atoms with E-state index < -0.39 is 54.1 Å². The van der Waals surface area contributed by atoms with E-state index in [1.807, 2.05) is 0 Å². The van der Waals surface area contributed by atoms with E-state index in [0.717, 1.165) is 39.7 Å². The quantitative estimate of drug-likeness (QED) is 0.308. The number of halogens is 2. The van der Waals surface area contributed by atoms with Crippen LogP contribution in [0.2, 0.25) is 0 Å². The molecule has 1 aliphatic rings. The number of rotatable bonds is 7. The predicted octanol–water partition coefficient (Wildman–Crippen LogP) is 2.08. The fraction of sp³-hybridized carbons (Fsp3) is 0.208. The Kier molecular flexibility index (Phi) is 7.15. The number of ether oxygens (including phenoxy) is 1. The lowest BCUT2D eigenvalue weighted by Gasteiger charge is -2.18. The minimum Gasteiger partial charge on any atom is -0.453 e. The normalized spacial score (nSPS) is 16.0. The summed E-state index contributed by atoms with van der Waals surface area (Å²) in [5, 5.41) is 9.33. The van der Waals surface area contributed by atoms with Crippen LogP contribution in [0.15, 0.2) is 59.0 Å². The fourth-order valence-electron chi connectivity index (χ4n) is 4.05. The Balaban J connectivity index is 1.50. The number of benzene rings is 2. The second kappa shape index (κ2) is 10.5. The molecule has 0 bridgehead atoms. The van der Waals surface area contributed by atoms with Gasteiger partial charge < -0.3 is 4.74 Å². The van der Waals surface area contributed by atoms with E-state index in [4.69, 9.17) is 4.74 Å². The zero-order valence-electron chi connectivity index (χ0n) is 21.0. The molecule has 0 spiro atoms. The highest BCUT2D eigenvalue weighted by atomic mass is 32.2. The molecule has 17 heteroatoms. The van der Waals surface area contributed by atoms with Crippen LogP contribution < -0.4 is 15.0 Å². The predicted molar refractivity (Wildman–Crippen MR) is 141 cm³/mol. The first-order valence-electron chi connectivity index (χ1n) is 11.7. The number of nitrogens with one attached hydrogen (secondary N) is 1. The molecule has 1 saturated heterocycles. The molecule has 1 fully saturated rings. The van der Waals surface area contributed by atoms with Crippen molar-refractivity contribution in [3.05, 3.63) is 70.8 Å². The van der Waals surface area contributed by atoms with Gasteiger partial charge in [0.25, 0.3) is 5.56 Å². The van der Waals surface area contributed by atoms with Crippen LogP contribution in [-0.2, 0) is 20.0 Å². The molecule has 1 atom stereocenters. The summed E-state index contributed by atoms with van der Waals surface area (Å²) in [6.07, 6.45) is 3.11. The Morgan fingerprint density at radius 2 is 1.85 bits per heavy atom. The number of sulfone groups is 1. The molecular weight excluding hydrogens is 584 g/mol. The molecule has 0 saturated carbocycles. The number of anilines is 1. The lowest BCUT2D eigenvalue weighted by molar-refractivity contribution is 0.343. The number of nitrogens with zero attached hydrogens (tertiary/aromatic N) is 6. The Morgan fingerprint density at radius 1 is 1.12 bits per heavy atom. The van der Waals surface area contributed by atoms with Gasteiger partial charge in [-0.25, -0.2) is 32.2 Å². The number of alkyl halides is 1. The number of hydrogen-bond acceptors (Lipinski definition) is 10. The Bertz CT molecular complexity index is 2000. The van der Waals surface area contributed by atoms with Crippen molar-refractivity contribution in [1.29, 1.82) is 5.26 Å². The van der Waals surface area contributed by atoms with Gasteiger partial charge in [-0.15, -0.1) is 0 Å². The smallest absolute Gasteiger partial charge is 0.301 e. The van der Waals surface area contributed by atoms with Crippen molar-refractivity contribution < 1.29 is 30.4 Å². The maximum Gasteiger partial charge on any atom is 0.301 e. The average Bonchev–Trinajstić information content (AvgIpc) is 3.38. The molecular formula is C24H19F2N7O6S2. The third kappa shape index (κ3) is 5.57. The summed E-state index contributed by atoms with van der Waals surface area (Å²) in [5.74, 6) is -1.67. The molecule has 41 heavy (non-hydrogen) atoms. The van der Waals surface area contributed by atoms with E-state index in [1.54, 1.807) is 6.07 Å². The largest absolute Gasteiger partial charge is 0.453 e. The Hall–Kier alpha value is -4.53. The average molecular weight is 604 g/mol. The summed E-state index contributed by atoms with van der Waals surface area (Å²) in [4.78, 5) is 24.9. The number of nitriles is 1. The number of hydrogen-bond donors (Lipinski definition) is 1. The van der Waals surface area contributed by atoms with Crippen molar-refractivity contribution in [2.24, 2.45) is 0 Å². The third-order valence-electron chi connectivity index (χ3n) is 6.07. The molecule has 5 rings (SSSR count). The van der Waals surface area contributed by atoms with Crippen molar-refractivity contribution >= 4 is 36.6 Å². The van der Waals surface area contributed by atoms with E-state index in [0.29, 0.717) is 0 Å². The fourth-order valence-corrected chi connectivity index (χ4v) is 5.82. The summed E-state index contributed by atoms with van der Waals surface area (Å²) < 4.78 is 86.8. The minimum absolute atomic E-state index is 0.0165. The second-order valence-electron chi connectivity index (χ2n) is 8.96. The summed E-state index contributed by atoms with van der Waals surface area (Å²) >= 11 is 0. The van der Waals surface area contributed by atoms with Gasteiger partial charge in [-0.2, -0.15) is 18.0 Å². The van der Waals surface area contributed by atoms with E-state index in [9.17, 15) is 35.7 Å². The van der Waals surface area contributed by atoms with Gasteiger partial charge in [-0.1, -0.05) is 0 Å². The molecule has 1 aliphatic heterocycles. The van der Waals surface area contributed by atoms with Gasteiger partial charge in [0.1, 0.15) is 29.9 Å². The molecule has 2 aromatic heterocycles. The lowest BCUT2D eigenvalue weighted by Crippen LogP contribution is -2.34. The highest BCUT2D eigenvalue weighted by molar-refractivity contribution is 7.90. The highest BCUT2D eigenvalue weighted by Crippen LogP contribution is 2.34. The first-order valence-corrected chi connectivity index (χ1v) is 15.1. The number of aromatic nitrogens is 4. The molecule has 0 unspecified atom stereocenters. The molecule has 0 aliphatic carbocycles. The van der Waals surface area contributed by atoms with Crippen LogP contribution >= 0.6 is 0 Å². The summed E-state index contributed by atoms with van der Waals surface area (Å²) in [6.45, 7) is -0.405. The van der Waals surface area contributed by atoms with Gasteiger partial charge in [0.2, 0.25) is 15.0 Å². The van der Waals surface area contributed by atoms with Crippen molar-refractivity contribution in [3.63, 3.8) is 0 Å². The van der Waals surface area contributed by atoms with Crippen LogP contribution in [0.3, 0.4) is 0 Å². The van der Waals surface area contributed by atoms with Crippen LogP contribution in [0.5, 0.6) is 11.5 Å². The Labute approximate surface area is 231 Å². The van der Waals surface area contributed by atoms with Gasteiger partial charge in [-0.05, 0) is 36.8 Å². The molecule has 0 amide bonds. The first kappa shape index (κ1) is 28.0.